The summed E-state index contributed by atoms with van der Waals surface area (Å²) in [5, 5.41) is 5.53. The molecular weight excluding hydrogens is 463 g/mol. The van der Waals surface area contributed by atoms with E-state index >= 15 is 0 Å². The van der Waals surface area contributed by atoms with E-state index in [1.165, 1.54) is 81.1 Å². The Morgan fingerprint density at radius 3 is 2.35 bits per heavy atom. The Balaban J connectivity index is 1.45. The van der Waals surface area contributed by atoms with E-state index < -0.39 is 0 Å². The fourth-order valence-electron chi connectivity index (χ4n) is 7.50. The molecule has 37 heavy (non-hydrogen) atoms. The SMILES string of the molecule is CC1(C)c2ccccc2-c2c1cc1c3c(cccc23)B2c3ccc4ccccc4c3Sc3cccc-1c32. The van der Waals surface area contributed by atoms with Crippen LogP contribution in [-0.4, -0.2) is 6.71 Å². The third-order valence-electron chi connectivity index (χ3n) is 9.13. The molecule has 0 N–H and O–H groups in total. The average molecular weight is 486 g/mol. The molecule has 0 saturated carbocycles. The van der Waals surface area contributed by atoms with Crippen LogP contribution in [0.25, 0.3) is 43.8 Å². The Morgan fingerprint density at radius 2 is 1.41 bits per heavy atom. The summed E-state index contributed by atoms with van der Waals surface area (Å²) in [6, 6.07) is 39.2. The zero-order chi connectivity index (χ0) is 24.5. The summed E-state index contributed by atoms with van der Waals surface area (Å²) < 4.78 is 0. The molecule has 2 aliphatic heterocycles. The van der Waals surface area contributed by atoms with Crippen LogP contribution in [0.4, 0.5) is 0 Å². The van der Waals surface area contributed by atoms with Crippen molar-refractivity contribution < 1.29 is 0 Å². The predicted octanol–water partition coefficient (Wildman–Crippen LogP) is 7.26. The Bertz CT molecular complexity index is 2000. The minimum atomic E-state index is -0.0153. The van der Waals surface area contributed by atoms with Gasteiger partial charge in [-0.15, -0.1) is 0 Å². The van der Waals surface area contributed by atoms with Gasteiger partial charge in [0.2, 0.25) is 6.71 Å². The third-order valence-corrected chi connectivity index (χ3v) is 10.4. The molecule has 0 spiro atoms. The highest BCUT2D eigenvalue weighted by molar-refractivity contribution is 8.00. The van der Waals surface area contributed by atoms with Gasteiger partial charge in [-0.2, -0.15) is 0 Å². The molecule has 0 radical (unpaired) electrons. The zero-order valence-electron chi connectivity index (χ0n) is 20.8. The molecule has 0 bridgehead atoms. The van der Waals surface area contributed by atoms with Crippen molar-refractivity contribution in [2.75, 3.05) is 0 Å². The number of fused-ring (bicyclic) bond motifs is 10. The van der Waals surface area contributed by atoms with Gasteiger partial charge in [-0.25, -0.2) is 0 Å². The van der Waals surface area contributed by atoms with Gasteiger partial charge < -0.3 is 0 Å². The van der Waals surface area contributed by atoms with E-state index in [0.717, 1.165) is 0 Å². The van der Waals surface area contributed by atoms with Crippen molar-refractivity contribution in [2.24, 2.45) is 0 Å². The van der Waals surface area contributed by atoms with E-state index in [-0.39, 0.29) is 12.1 Å². The minimum absolute atomic E-state index is 0.0153. The Hall–Kier alpha value is -3.75. The summed E-state index contributed by atoms with van der Waals surface area (Å²) in [6.07, 6.45) is 0. The van der Waals surface area contributed by atoms with Crippen molar-refractivity contribution in [2.45, 2.75) is 29.1 Å². The van der Waals surface area contributed by atoms with Gasteiger partial charge in [0.1, 0.15) is 0 Å². The Labute approximate surface area is 221 Å². The molecule has 0 amide bonds. The first-order valence-electron chi connectivity index (χ1n) is 13.2. The number of hydrogen-bond acceptors (Lipinski definition) is 1. The van der Waals surface area contributed by atoms with Gasteiger partial charge in [-0.05, 0) is 72.5 Å². The van der Waals surface area contributed by atoms with Gasteiger partial charge in [-0.3, -0.25) is 0 Å². The van der Waals surface area contributed by atoms with Gasteiger partial charge in [-0.1, -0.05) is 128 Å². The molecule has 0 aromatic heterocycles. The molecule has 2 heteroatoms. The summed E-state index contributed by atoms with van der Waals surface area (Å²) in [6.45, 7) is 5.04. The molecule has 0 fully saturated rings. The minimum Gasteiger partial charge on any atom is -0.0905 e. The monoisotopic (exact) mass is 486 g/mol. The first kappa shape index (κ1) is 20.3. The summed E-state index contributed by atoms with van der Waals surface area (Å²) in [5.41, 5.74) is 12.9. The van der Waals surface area contributed by atoms with Gasteiger partial charge in [0.05, 0.1) is 0 Å². The topological polar surface area (TPSA) is 0 Å². The molecule has 0 unspecified atom stereocenters. The third kappa shape index (κ3) is 2.39. The number of hydrogen-bond donors (Lipinski definition) is 0. The maximum absolute atomic E-state index is 2.54. The molecule has 3 aliphatic rings. The summed E-state index contributed by atoms with van der Waals surface area (Å²) in [5.74, 6) is 0. The second kappa shape index (κ2) is 6.76. The lowest BCUT2D eigenvalue weighted by Crippen LogP contribution is -2.57. The van der Waals surface area contributed by atoms with Crippen LogP contribution < -0.4 is 16.4 Å². The van der Waals surface area contributed by atoms with Crippen molar-refractivity contribution in [1.29, 1.82) is 0 Å². The maximum Gasteiger partial charge on any atom is 0.245 e. The van der Waals surface area contributed by atoms with Crippen molar-refractivity contribution >= 4 is 56.4 Å². The first-order valence-corrected chi connectivity index (χ1v) is 14.0. The molecule has 0 atom stereocenters. The van der Waals surface area contributed by atoms with Gasteiger partial charge in [0.15, 0.2) is 0 Å². The molecule has 9 rings (SSSR count). The standard InChI is InChI=1S/C35H23BS/c1-35(2)26-14-6-5-11-23(26)31-24-13-7-15-28-32(24)25(19-27(31)35)22-12-8-16-30-33(22)36(28)29-18-17-20-9-3-4-10-21(20)34(29)37-30/h3-19H,1-2H3. The van der Waals surface area contributed by atoms with Crippen LogP contribution in [0, 0.1) is 0 Å². The predicted molar refractivity (Wildman–Crippen MR) is 160 cm³/mol. The van der Waals surface area contributed by atoms with Crippen LogP contribution in [-0.2, 0) is 5.41 Å². The van der Waals surface area contributed by atoms with Crippen molar-refractivity contribution in [3.8, 4) is 22.3 Å². The summed E-state index contributed by atoms with van der Waals surface area (Å²) in [7, 11) is 0. The van der Waals surface area contributed by atoms with Crippen LogP contribution in [0.2, 0.25) is 0 Å². The largest absolute Gasteiger partial charge is 0.245 e. The molecule has 0 nitrogen and oxygen atoms in total. The normalized spacial score (nSPS) is 15.4. The highest BCUT2D eigenvalue weighted by Crippen LogP contribution is 2.53. The molecule has 172 valence electrons. The number of rotatable bonds is 0. The number of benzene rings is 6. The quantitative estimate of drug-likeness (QED) is 0.203. The summed E-state index contributed by atoms with van der Waals surface area (Å²) >= 11 is 1.96. The van der Waals surface area contributed by atoms with Gasteiger partial charge in [0.25, 0.3) is 0 Å². The van der Waals surface area contributed by atoms with Crippen LogP contribution in [0.5, 0.6) is 0 Å². The second-order valence-corrected chi connectivity index (χ2v) is 12.3. The molecule has 2 heterocycles. The fourth-order valence-corrected chi connectivity index (χ4v) is 8.80. The van der Waals surface area contributed by atoms with E-state index in [1.807, 2.05) is 11.8 Å². The van der Waals surface area contributed by atoms with Crippen molar-refractivity contribution in [3.05, 3.63) is 114 Å². The zero-order valence-corrected chi connectivity index (χ0v) is 21.6. The van der Waals surface area contributed by atoms with Crippen molar-refractivity contribution in [1.82, 2.24) is 0 Å². The van der Waals surface area contributed by atoms with E-state index in [9.17, 15) is 0 Å². The van der Waals surface area contributed by atoms with Crippen LogP contribution in [0.1, 0.15) is 25.0 Å². The fraction of sp³-hybridized carbons (Fsp3) is 0.0857. The molecule has 6 aromatic rings. The smallest absolute Gasteiger partial charge is 0.0905 e. The molecular formula is C35H23BS. The molecule has 0 saturated heterocycles. The maximum atomic E-state index is 2.54. The van der Waals surface area contributed by atoms with Crippen molar-refractivity contribution in [3.63, 3.8) is 0 Å². The van der Waals surface area contributed by atoms with E-state index in [0.29, 0.717) is 0 Å². The van der Waals surface area contributed by atoms with E-state index in [4.69, 9.17) is 0 Å². The van der Waals surface area contributed by atoms with Crippen LogP contribution in [0.15, 0.2) is 113 Å². The Kier molecular flexibility index (Phi) is 3.72. The Morgan fingerprint density at radius 1 is 0.622 bits per heavy atom. The highest BCUT2D eigenvalue weighted by atomic mass is 32.2. The van der Waals surface area contributed by atoms with Gasteiger partial charge >= 0.3 is 0 Å². The molecule has 6 aromatic carbocycles. The molecule has 1 aliphatic carbocycles. The van der Waals surface area contributed by atoms with E-state index in [1.54, 1.807) is 0 Å². The first-order chi connectivity index (χ1) is 18.1. The van der Waals surface area contributed by atoms with E-state index in [2.05, 4.69) is 117 Å². The highest BCUT2D eigenvalue weighted by Gasteiger charge is 2.42. The van der Waals surface area contributed by atoms with Gasteiger partial charge in [0, 0.05) is 15.2 Å². The van der Waals surface area contributed by atoms with Crippen LogP contribution in [0.3, 0.4) is 0 Å². The summed E-state index contributed by atoms with van der Waals surface area (Å²) in [4.78, 5) is 2.82. The van der Waals surface area contributed by atoms with Crippen LogP contribution >= 0.6 is 11.8 Å². The lowest BCUT2D eigenvalue weighted by molar-refractivity contribution is 0.661. The second-order valence-electron chi connectivity index (χ2n) is 11.2. The lowest BCUT2D eigenvalue weighted by atomic mass is 9.33. The average Bonchev–Trinajstić information content (AvgIpc) is 3.17. The lowest BCUT2D eigenvalue weighted by Gasteiger charge is -2.35.